The summed E-state index contributed by atoms with van der Waals surface area (Å²) in [5.74, 6) is -1.08. The lowest BCUT2D eigenvalue weighted by molar-refractivity contribution is -0.118. The van der Waals surface area contributed by atoms with Gasteiger partial charge in [-0.05, 0) is 36.2 Å². The number of carbonyl (C=O) groups excluding carboxylic acids is 2. The van der Waals surface area contributed by atoms with Gasteiger partial charge in [-0.2, -0.15) is 0 Å². The fourth-order valence-electron chi connectivity index (χ4n) is 3.51. The van der Waals surface area contributed by atoms with Crippen molar-refractivity contribution in [3.8, 4) is 0 Å². The van der Waals surface area contributed by atoms with Gasteiger partial charge in [0.15, 0.2) is 9.84 Å². The molecule has 2 N–H and O–H groups in total. The van der Waals surface area contributed by atoms with Crippen molar-refractivity contribution in [2.24, 2.45) is 0 Å². The smallest absolute Gasteiger partial charge is 0.269 e. The Kier molecular flexibility index (Phi) is 7.44. The van der Waals surface area contributed by atoms with Crippen LogP contribution in [0.5, 0.6) is 0 Å². The zero-order valence-electron chi connectivity index (χ0n) is 18.2. The molecule has 1 fully saturated rings. The van der Waals surface area contributed by atoms with E-state index in [9.17, 15) is 18.0 Å². The molecule has 1 atom stereocenters. The van der Waals surface area contributed by atoms with Crippen molar-refractivity contribution in [1.82, 2.24) is 15.6 Å². The molecule has 0 bridgehead atoms. The van der Waals surface area contributed by atoms with Crippen molar-refractivity contribution in [2.45, 2.75) is 17.5 Å². The van der Waals surface area contributed by atoms with Crippen molar-refractivity contribution in [3.63, 3.8) is 0 Å². The molecular formula is C25H23N3O4S2. The fraction of sp³-hybridized carbons (Fsp3) is 0.160. The Morgan fingerprint density at radius 3 is 2.12 bits per heavy atom. The van der Waals surface area contributed by atoms with Crippen LogP contribution >= 0.6 is 11.8 Å². The van der Waals surface area contributed by atoms with Crippen LogP contribution in [0.2, 0.25) is 0 Å². The first-order valence-corrected chi connectivity index (χ1v) is 13.3. The van der Waals surface area contributed by atoms with E-state index < -0.39 is 27.7 Å². The molecule has 0 unspecified atom stereocenters. The second-order valence-electron chi connectivity index (χ2n) is 7.73. The minimum absolute atomic E-state index is 0.0294. The van der Waals surface area contributed by atoms with Gasteiger partial charge in [-0.15, -0.1) is 0 Å². The standard InChI is InChI=1S/C25H23N3O4S2/c29-24(19-11-5-2-6-12-19)28-22(25(30)27-20-14-16-34(31,32)17-20)23(18-9-3-1-4-10-18)33-21-13-7-8-15-26-21/h1-13,15,20H,14,16-17H2,(H,27,30)(H,28,29)/b23-22-/t20-/m1/s1. The lowest BCUT2D eigenvalue weighted by atomic mass is 10.1. The van der Waals surface area contributed by atoms with Crippen LogP contribution < -0.4 is 10.6 Å². The molecule has 1 saturated heterocycles. The largest absolute Gasteiger partial charge is 0.347 e. The Bertz CT molecular complexity index is 1300. The molecule has 2 aromatic carbocycles. The Morgan fingerprint density at radius 1 is 0.882 bits per heavy atom. The normalized spacial score (nSPS) is 17.5. The quantitative estimate of drug-likeness (QED) is 0.387. The van der Waals surface area contributed by atoms with Gasteiger partial charge in [0.1, 0.15) is 10.7 Å². The lowest BCUT2D eigenvalue weighted by Gasteiger charge is -2.18. The Morgan fingerprint density at radius 2 is 1.53 bits per heavy atom. The van der Waals surface area contributed by atoms with E-state index >= 15 is 0 Å². The van der Waals surface area contributed by atoms with Crippen LogP contribution in [-0.4, -0.2) is 42.8 Å². The predicted octanol–water partition coefficient (Wildman–Crippen LogP) is 3.28. The molecule has 1 aliphatic rings. The molecule has 3 aromatic rings. The van der Waals surface area contributed by atoms with Crippen molar-refractivity contribution in [3.05, 3.63) is 102 Å². The minimum Gasteiger partial charge on any atom is -0.347 e. The van der Waals surface area contributed by atoms with Crippen molar-refractivity contribution < 1.29 is 18.0 Å². The SMILES string of the molecule is O=C(N[C@@H]1CCS(=O)(=O)C1)/C(NC(=O)c1ccccc1)=C(/Sc1ccccn1)c1ccccc1. The molecule has 0 spiro atoms. The van der Waals surface area contributed by atoms with E-state index in [1.165, 1.54) is 11.8 Å². The first-order chi connectivity index (χ1) is 16.4. The van der Waals surface area contributed by atoms with Crippen LogP contribution in [-0.2, 0) is 14.6 Å². The lowest BCUT2D eigenvalue weighted by Crippen LogP contribution is -2.41. The number of thioether (sulfide) groups is 1. The summed E-state index contributed by atoms with van der Waals surface area (Å²) in [7, 11) is -3.19. The highest BCUT2D eigenvalue weighted by atomic mass is 32.2. The Hall–Kier alpha value is -3.43. The average Bonchev–Trinajstić information content (AvgIpc) is 3.20. The first kappa shape index (κ1) is 23.7. The molecule has 1 aliphatic heterocycles. The zero-order valence-corrected chi connectivity index (χ0v) is 19.8. The maximum absolute atomic E-state index is 13.5. The summed E-state index contributed by atoms with van der Waals surface area (Å²) in [5.41, 5.74) is 1.15. The first-order valence-electron chi connectivity index (χ1n) is 10.7. The molecular weight excluding hydrogens is 470 g/mol. The number of pyridine rings is 1. The fourth-order valence-corrected chi connectivity index (χ4v) is 6.16. The maximum Gasteiger partial charge on any atom is 0.269 e. The number of benzene rings is 2. The molecule has 34 heavy (non-hydrogen) atoms. The average molecular weight is 494 g/mol. The van der Waals surface area contributed by atoms with Crippen molar-refractivity contribution in [1.29, 1.82) is 0 Å². The number of sulfone groups is 1. The van der Waals surface area contributed by atoms with Gasteiger partial charge in [0.25, 0.3) is 11.8 Å². The highest BCUT2D eigenvalue weighted by Gasteiger charge is 2.31. The second kappa shape index (κ2) is 10.7. The van der Waals surface area contributed by atoms with Gasteiger partial charge in [-0.1, -0.05) is 66.4 Å². The summed E-state index contributed by atoms with van der Waals surface area (Å²) in [6.45, 7) is 0. The van der Waals surface area contributed by atoms with Crippen LogP contribution in [0.3, 0.4) is 0 Å². The highest BCUT2D eigenvalue weighted by molar-refractivity contribution is 8.08. The third kappa shape index (κ3) is 6.12. The number of hydrogen-bond donors (Lipinski definition) is 2. The molecule has 2 heterocycles. The Balaban J connectivity index is 1.76. The molecule has 9 heteroatoms. The molecule has 1 aromatic heterocycles. The Labute approximate surface area is 202 Å². The molecule has 0 saturated carbocycles. The van der Waals surface area contributed by atoms with Crippen LogP contribution in [0.15, 0.2) is 95.8 Å². The van der Waals surface area contributed by atoms with Gasteiger partial charge in [-0.3, -0.25) is 9.59 Å². The number of aromatic nitrogens is 1. The van der Waals surface area contributed by atoms with Crippen molar-refractivity contribution in [2.75, 3.05) is 11.5 Å². The van der Waals surface area contributed by atoms with E-state index in [0.29, 0.717) is 21.9 Å². The third-order valence-corrected chi connectivity index (χ3v) is 8.04. The molecule has 174 valence electrons. The predicted molar refractivity (Wildman–Crippen MR) is 133 cm³/mol. The van der Waals surface area contributed by atoms with Gasteiger partial charge in [0, 0.05) is 17.8 Å². The number of hydrogen-bond acceptors (Lipinski definition) is 6. The number of nitrogens with zero attached hydrogens (tertiary/aromatic N) is 1. The van der Waals surface area contributed by atoms with E-state index in [1.807, 2.05) is 42.5 Å². The van der Waals surface area contributed by atoms with Gasteiger partial charge in [-0.25, -0.2) is 13.4 Å². The molecule has 2 amide bonds. The summed E-state index contributed by atoms with van der Waals surface area (Å²) in [6, 6.07) is 22.7. The number of rotatable bonds is 7. The van der Waals surface area contributed by atoms with E-state index in [1.54, 1.807) is 42.6 Å². The number of amides is 2. The van der Waals surface area contributed by atoms with Gasteiger partial charge < -0.3 is 10.6 Å². The zero-order chi connectivity index (χ0) is 24.0. The number of nitrogens with one attached hydrogen (secondary N) is 2. The van der Waals surface area contributed by atoms with Crippen LogP contribution in [0.4, 0.5) is 0 Å². The second-order valence-corrected chi connectivity index (χ2v) is 11.0. The summed E-state index contributed by atoms with van der Waals surface area (Å²) < 4.78 is 23.8. The van der Waals surface area contributed by atoms with Crippen molar-refractivity contribution >= 4 is 38.3 Å². The van der Waals surface area contributed by atoms with E-state index in [-0.39, 0.29) is 17.2 Å². The third-order valence-electron chi connectivity index (χ3n) is 5.18. The summed E-state index contributed by atoms with van der Waals surface area (Å²) >= 11 is 1.25. The monoisotopic (exact) mass is 493 g/mol. The topological polar surface area (TPSA) is 105 Å². The summed E-state index contributed by atoms with van der Waals surface area (Å²) in [6.07, 6.45) is 1.98. The number of carbonyl (C=O) groups is 2. The van der Waals surface area contributed by atoms with E-state index in [4.69, 9.17) is 0 Å². The van der Waals surface area contributed by atoms with E-state index in [2.05, 4.69) is 15.6 Å². The summed E-state index contributed by atoms with van der Waals surface area (Å²) in [5, 5.41) is 6.22. The van der Waals surface area contributed by atoms with Gasteiger partial charge in [0.05, 0.1) is 16.4 Å². The van der Waals surface area contributed by atoms with Gasteiger partial charge in [0.2, 0.25) is 0 Å². The molecule has 7 nitrogen and oxygen atoms in total. The molecule has 0 radical (unpaired) electrons. The molecule has 4 rings (SSSR count). The van der Waals surface area contributed by atoms with Crippen LogP contribution in [0, 0.1) is 0 Å². The van der Waals surface area contributed by atoms with Gasteiger partial charge >= 0.3 is 0 Å². The molecule has 0 aliphatic carbocycles. The highest BCUT2D eigenvalue weighted by Crippen LogP contribution is 2.35. The minimum atomic E-state index is -3.19. The van der Waals surface area contributed by atoms with Crippen LogP contribution in [0.25, 0.3) is 4.91 Å². The van der Waals surface area contributed by atoms with E-state index in [0.717, 1.165) is 5.56 Å². The van der Waals surface area contributed by atoms with Crippen LogP contribution in [0.1, 0.15) is 22.3 Å². The summed E-state index contributed by atoms with van der Waals surface area (Å²) in [4.78, 5) is 31.4. The maximum atomic E-state index is 13.5.